The Kier molecular flexibility index (Phi) is 5.11. The van der Waals surface area contributed by atoms with E-state index >= 15 is 0 Å². The van der Waals surface area contributed by atoms with Crippen molar-refractivity contribution in [2.75, 3.05) is 5.32 Å². The van der Waals surface area contributed by atoms with E-state index in [1.165, 1.54) is 6.08 Å². The number of allylic oxidation sites excluding steroid dienone is 2. The molecule has 0 spiro atoms. The van der Waals surface area contributed by atoms with Gasteiger partial charge in [-0.1, -0.05) is 23.7 Å². The lowest BCUT2D eigenvalue weighted by Crippen LogP contribution is -2.21. The number of rotatable bonds is 4. The van der Waals surface area contributed by atoms with Gasteiger partial charge >= 0.3 is 5.97 Å². The zero-order valence-electron chi connectivity index (χ0n) is 11.3. The first-order valence-corrected chi connectivity index (χ1v) is 7.23. The van der Waals surface area contributed by atoms with Crippen LogP contribution in [0.5, 0.6) is 0 Å². The summed E-state index contributed by atoms with van der Waals surface area (Å²) in [6.45, 7) is 0. The van der Waals surface area contributed by atoms with Crippen LogP contribution in [0, 0.1) is 0 Å². The molecule has 0 bridgehead atoms. The predicted molar refractivity (Wildman–Crippen MR) is 84.3 cm³/mol. The Hall–Kier alpha value is -1.98. The minimum Gasteiger partial charge on any atom is -0.510 e. The largest absolute Gasteiger partial charge is 0.510 e. The van der Waals surface area contributed by atoms with Crippen molar-refractivity contribution in [2.24, 2.45) is 0 Å². The second-order valence-corrected chi connectivity index (χ2v) is 5.80. The van der Waals surface area contributed by atoms with Crippen LogP contribution in [0.1, 0.15) is 12.0 Å². The lowest BCUT2D eigenvalue weighted by atomic mass is 10.0. The Bertz CT molecular complexity index is 665. The number of aliphatic hydroxyl groups is 1. The number of amides is 1. The van der Waals surface area contributed by atoms with E-state index < -0.39 is 17.3 Å². The molecular weight excluding hydrogens is 329 g/mol. The maximum Gasteiger partial charge on any atom is 0.307 e. The summed E-state index contributed by atoms with van der Waals surface area (Å²) in [5, 5.41) is 20.8. The number of alkyl halides is 1. The van der Waals surface area contributed by atoms with E-state index in [0.717, 1.165) is 0 Å². The average Bonchev–Trinajstić information content (AvgIpc) is 2.44. The number of aliphatic hydroxyl groups excluding tert-OH is 1. The molecule has 0 aromatic heterocycles. The van der Waals surface area contributed by atoms with Crippen LogP contribution in [0.3, 0.4) is 0 Å². The fourth-order valence-corrected chi connectivity index (χ4v) is 2.61. The average molecular weight is 342 g/mol. The number of anilines is 1. The zero-order valence-corrected chi connectivity index (χ0v) is 12.9. The summed E-state index contributed by atoms with van der Waals surface area (Å²) >= 11 is 11.8. The number of carbonyl (C=O) groups excluding carboxylic acids is 1. The van der Waals surface area contributed by atoms with Gasteiger partial charge in [-0.25, -0.2) is 0 Å². The lowest BCUT2D eigenvalue weighted by Gasteiger charge is -2.17. The van der Waals surface area contributed by atoms with E-state index in [1.54, 1.807) is 24.3 Å². The molecule has 22 heavy (non-hydrogen) atoms. The second kappa shape index (κ2) is 6.85. The number of carboxylic acids is 1. The smallest absolute Gasteiger partial charge is 0.307 e. The van der Waals surface area contributed by atoms with E-state index in [9.17, 15) is 14.7 Å². The number of carboxylic acid groups (broad SMARTS) is 1. The van der Waals surface area contributed by atoms with Gasteiger partial charge in [-0.05, 0) is 23.8 Å². The standard InChI is InChI=1S/C15H13Cl2NO4/c16-9-6-11(14(21)12(17)7-9)15(22)18-10-3-1-8(2-4-10)5-13(19)20/h1-4,6,12,21H,5,7H2,(H,18,22)(H,19,20)/t12-/m1/s1. The van der Waals surface area contributed by atoms with Crippen LogP contribution in [-0.4, -0.2) is 27.5 Å². The molecule has 1 atom stereocenters. The normalized spacial score (nSPS) is 17.9. The van der Waals surface area contributed by atoms with Gasteiger partial charge in [-0.3, -0.25) is 9.59 Å². The highest BCUT2D eigenvalue weighted by Gasteiger charge is 2.25. The number of hydrogen-bond donors (Lipinski definition) is 3. The molecular formula is C15H13Cl2NO4. The highest BCUT2D eigenvalue weighted by molar-refractivity contribution is 6.32. The summed E-state index contributed by atoms with van der Waals surface area (Å²) in [5.41, 5.74) is 1.11. The monoisotopic (exact) mass is 341 g/mol. The van der Waals surface area contributed by atoms with Crippen molar-refractivity contribution >= 4 is 40.8 Å². The van der Waals surface area contributed by atoms with Crippen molar-refractivity contribution in [2.45, 2.75) is 18.2 Å². The molecule has 0 saturated carbocycles. The number of nitrogens with one attached hydrogen (secondary N) is 1. The third-order valence-electron chi connectivity index (χ3n) is 3.06. The molecule has 1 aliphatic carbocycles. The minimum atomic E-state index is -0.929. The van der Waals surface area contributed by atoms with Crippen LogP contribution in [0.15, 0.2) is 46.7 Å². The van der Waals surface area contributed by atoms with Crippen molar-refractivity contribution < 1.29 is 19.8 Å². The summed E-state index contributed by atoms with van der Waals surface area (Å²) in [6, 6.07) is 6.37. The topological polar surface area (TPSA) is 86.6 Å². The van der Waals surface area contributed by atoms with Crippen LogP contribution in [-0.2, 0) is 16.0 Å². The molecule has 0 radical (unpaired) electrons. The van der Waals surface area contributed by atoms with Crippen molar-refractivity contribution in [1.29, 1.82) is 0 Å². The molecule has 0 saturated heterocycles. The summed E-state index contributed by atoms with van der Waals surface area (Å²) in [7, 11) is 0. The Labute approximate surface area is 136 Å². The maximum atomic E-state index is 12.1. The molecule has 1 aliphatic rings. The Balaban J connectivity index is 2.12. The first kappa shape index (κ1) is 16.4. The molecule has 2 rings (SSSR count). The van der Waals surface area contributed by atoms with Gasteiger partial charge in [0, 0.05) is 17.1 Å². The predicted octanol–water partition coefficient (Wildman–Crippen LogP) is 3.20. The van der Waals surface area contributed by atoms with E-state index in [-0.39, 0.29) is 24.2 Å². The van der Waals surface area contributed by atoms with Crippen LogP contribution in [0.25, 0.3) is 0 Å². The maximum absolute atomic E-state index is 12.1. The number of hydrogen-bond acceptors (Lipinski definition) is 3. The molecule has 0 fully saturated rings. The van der Waals surface area contributed by atoms with Crippen molar-refractivity contribution in [3.05, 3.63) is 52.3 Å². The SMILES string of the molecule is O=C(O)Cc1ccc(NC(=O)C2=C(O)[C@H](Cl)CC(Cl)=C2)cc1. The minimum absolute atomic E-state index is 0.0193. The van der Waals surface area contributed by atoms with Gasteiger partial charge in [0.2, 0.25) is 0 Å². The number of halogens is 2. The summed E-state index contributed by atoms with van der Waals surface area (Å²) in [4.78, 5) is 22.7. The Morgan fingerprint density at radius 1 is 1.27 bits per heavy atom. The van der Waals surface area contributed by atoms with Gasteiger partial charge in [0.1, 0.15) is 5.76 Å². The van der Waals surface area contributed by atoms with Crippen molar-refractivity contribution in [1.82, 2.24) is 0 Å². The molecule has 3 N–H and O–H groups in total. The molecule has 1 aromatic rings. The summed E-state index contributed by atoms with van der Waals surface area (Å²) < 4.78 is 0. The zero-order chi connectivity index (χ0) is 16.3. The highest BCUT2D eigenvalue weighted by Crippen LogP contribution is 2.29. The quantitative estimate of drug-likeness (QED) is 0.734. The summed E-state index contributed by atoms with van der Waals surface area (Å²) in [6.07, 6.45) is 1.56. The first-order chi connectivity index (χ1) is 10.4. The van der Waals surface area contributed by atoms with Crippen molar-refractivity contribution in [3.8, 4) is 0 Å². The number of aliphatic carboxylic acids is 1. The second-order valence-electron chi connectivity index (χ2n) is 4.78. The Morgan fingerprint density at radius 3 is 2.50 bits per heavy atom. The number of benzene rings is 1. The molecule has 116 valence electrons. The lowest BCUT2D eigenvalue weighted by molar-refractivity contribution is -0.136. The third-order valence-corrected chi connectivity index (χ3v) is 3.68. The van der Waals surface area contributed by atoms with Crippen LogP contribution in [0.2, 0.25) is 0 Å². The molecule has 0 unspecified atom stereocenters. The number of carbonyl (C=O) groups is 2. The third kappa shape index (κ3) is 4.02. The molecule has 1 amide bonds. The fraction of sp³-hybridized carbons (Fsp3) is 0.200. The Morgan fingerprint density at radius 2 is 1.91 bits per heavy atom. The van der Waals surface area contributed by atoms with E-state index in [4.69, 9.17) is 28.3 Å². The van der Waals surface area contributed by atoms with Gasteiger partial charge < -0.3 is 15.5 Å². The molecule has 0 heterocycles. The van der Waals surface area contributed by atoms with Gasteiger partial charge in [0.05, 0.1) is 17.4 Å². The van der Waals surface area contributed by atoms with Crippen molar-refractivity contribution in [3.63, 3.8) is 0 Å². The van der Waals surface area contributed by atoms with Gasteiger partial charge in [-0.2, -0.15) is 0 Å². The van der Waals surface area contributed by atoms with E-state index in [0.29, 0.717) is 16.3 Å². The highest BCUT2D eigenvalue weighted by atomic mass is 35.5. The van der Waals surface area contributed by atoms with Crippen LogP contribution < -0.4 is 5.32 Å². The molecule has 0 aliphatic heterocycles. The summed E-state index contributed by atoms with van der Waals surface area (Å²) in [5.74, 6) is -1.68. The van der Waals surface area contributed by atoms with Crippen LogP contribution in [0.4, 0.5) is 5.69 Å². The van der Waals surface area contributed by atoms with E-state index in [2.05, 4.69) is 5.32 Å². The van der Waals surface area contributed by atoms with Gasteiger partial charge in [0.15, 0.2) is 0 Å². The first-order valence-electron chi connectivity index (χ1n) is 6.42. The molecule has 1 aromatic carbocycles. The van der Waals surface area contributed by atoms with E-state index in [1.807, 2.05) is 0 Å². The van der Waals surface area contributed by atoms with Crippen LogP contribution >= 0.6 is 23.2 Å². The molecule has 7 heteroatoms. The fourth-order valence-electron chi connectivity index (χ4n) is 1.99. The van der Waals surface area contributed by atoms with Gasteiger partial charge in [-0.15, -0.1) is 11.6 Å². The molecule has 5 nitrogen and oxygen atoms in total. The van der Waals surface area contributed by atoms with Gasteiger partial charge in [0.25, 0.3) is 5.91 Å².